The van der Waals surface area contributed by atoms with Crippen molar-refractivity contribution in [2.75, 3.05) is 7.11 Å². The van der Waals surface area contributed by atoms with E-state index in [0.29, 0.717) is 0 Å². The highest BCUT2D eigenvalue weighted by molar-refractivity contribution is 5.60. The van der Waals surface area contributed by atoms with Crippen LogP contribution >= 0.6 is 0 Å². The van der Waals surface area contributed by atoms with Gasteiger partial charge in [-0.05, 0) is 0 Å². The number of phenols is 1. The molecule has 0 aliphatic carbocycles. The number of aromatic hydroxyl groups is 1. The Bertz CT molecular complexity index is 430. The fourth-order valence-corrected chi connectivity index (χ4v) is 0.912. The van der Waals surface area contributed by atoms with E-state index >= 15 is 0 Å². The van der Waals surface area contributed by atoms with E-state index in [1.165, 1.54) is 0 Å². The maximum atomic E-state index is 10.4. The Balaban J connectivity index is 3.45. The zero-order valence-corrected chi connectivity index (χ0v) is 7.46. The molecule has 0 amide bonds. The van der Waals surface area contributed by atoms with E-state index in [4.69, 9.17) is 0 Å². The minimum atomic E-state index is -0.981. The number of benzene rings is 1. The number of hydrogen-bond acceptors (Lipinski definition) is 6. The van der Waals surface area contributed by atoms with Gasteiger partial charge >= 0.3 is 5.69 Å². The van der Waals surface area contributed by atoms with Crippen LogP contribution < -0.4 is 4.74 Å². The number of hydrogen-bond donors (Lipinski definition) is 1. The topological polar surface area (TPSA) is 116 Å². The van der Waals surface area contributed by atoms with Gasteiger partial charge in [0.2, 0.25) is 5.75 Å². The molecule has 1 N–H and O–H groups in total. The van der Waals surface area contributed by atoms with Crippen molar-refractivity contribution in [1.82, 2.24) is 0 Å². The summed E-state index contributed by atoms with van der Waals surface area (Å²) in [6.45, 7) is 0. The SMILES string of the molecule is COc1cc([N+](=O)[O-])[c]c([N+](=O)[O-])c1O. The Hall–Kier alpha value is -2.38. The van der Waals surface area contributed by atoms with Crippen LogP contribution in [0.15, 0.2) is 6.07 Å². The molecule has 0 unspecified atom stereocenters. The number of non-ortho nitro benzene ring substituents is 1. The van der Waals surface area contributed by atoms with Crippen LogP contribution in [0.5, 0.6) is 11.5 Å². The van der Waals surface area contributed by atoms with Gasteiger partial charge in [0.1, 0.15) is 0 Å². The van der Waals surface area contributed by atoms with Crippen molar-refractivity contribution in [1.29, 1.82) is 0 Å². The summed E-state index contributed by atoms with van der Waals surface area (Å²) >= 11 is 0. The Morgan fingerprint density at radius 2 is 2.00 bits per heavy atom. The zero-order chi connectivity index (χ0) is 11.6. The smallest absolute Gasteiger partial charge is 0.329 e. The summed E-state index contributed by atoms with van der Waals surface area (Å²) in [5.41, 5.74) is -1.53. The number of nitro benzene ring substituents is 2. The van der Waals surface area contributed by atoms with E-state index in [0.717, 1.165) is 13.2 Å². The first-order chi connectivity index (χ1) is 6.97. The van der Waals surface area contributed by atoms with Crippen LogP contribution in [0, 0.1) is 26.3 Å². The third-order valence-corrected chi connectivity index (χ3v) is 1.57. The van der Waals surface area contributed by atoms with E-state index in [2.05, 4.69) is 4.74 Å². The first-order valence-electron chi connectivity index (χ1n) is 3.59. The second kappa shape index (κ2) is 3.78. The van der Waals surface area contributed by atoms with Crippen molar-refractivity contribution >= 4 is 11.4 Å². The first-order valence-corrected chi connectivity index (χ1v) is 3.59. The minimum Gasteiger partial charge on any atom is -0.499 e. The number of rotatable bonds is 3. The third-order valence-electron chi connectivity index (χ3n) is 1.57. The molecule has 0 spiro atoms. The van der Waals surface area contributed by atoms with Gasteiger partial charge in [-0.2, -0.15) is 0 Å². The van der Waals surface area contributed by atoms with Crippen molar-refractivity contribution in [2.45, 2.75) is 0 Å². The molecule has 0 heterocycles. The largest absolute Gasteiger partial charge is 0.499 e. The maximum Gasteiger partial charge on any atom is 0.329 e. The van der Waals surface area contributed by atoms with Crippen LogP contribution in [0.25, 0.3) is 0 Å². The summed E-state index contributed by atoms with van der Waals surface area (Å²) < 4.78 is 4.55. The van der Waals surface area contributed by atoms with Crippen LogP contribution in [-0.4, -0.2) is 22.1 Å². The van der Waals surface area contributed by atoms with Crippen LogP contribution in [0.1, 0.15) is 0 Å². The van der Waals surface area contributed by atoms with Crippen molar-refractivity contribution in [3.63, 3.8) is 0 Å². The van der Waals surface area contributed by atoms with E-state index in [1.54, 1.807) is 0 Å². The second-order valence-corrected chi connectivity index (χ2v) is 2.43. The Morgan fingerprint density at radius 1 is 1.40 bits per heavy atom. The predicted octanol–water partition coefficient (Wildman–Crippen LogP) is 1.02. The molecule has 15 heavy (non-hydrogen) atoms. The molecule has 0 bridgehead atoms. The Labute approximate surface area is 83.0 Å². The molecule has 1 aromatic rings. The van der Waals surface area contributed by atoms with Gasteiger partial charge in [-0.3, -0.25) is 20.2 Å². The summed E-state index contributed by atoms with van der Waals surface area (Å²) in [5.74, 6) is -1.12. The number of ether oxygens (including phenoxy) is 1. The summed E-state index contributed by atoms with van der Waals surface area (Å²) in [6, 6.07) is 2.71. The molecule has 0 aliphatic heterocycles. The molecular weight excluding hydrogens is 208 g/mol. The normalized spacial score (nSPS) is 9.67. The molecule has 0 saturated heterocycles. The summed E-state index contributed by atoms with van der Waals surface area (Å²) in [4.78, 5) is 18.9. The molecule has 0 aliphatic rings. The molecule has 1 radical (unpaired) electrons. The quantitative estimate of drug-likeness (QED) is 0.591. The maximum absolute atomic E-state index is 10.4. The van der Waals surface area contributed by atoms with Crippen LogP contribution in [0.3, 0.4) is 0 Å². The number of nitrogens with zero attached hydrogens (tertiary/aromatic N) is 2. The minimum absolute atomic E-state index is 0.341. The van der Waals surface area contributed by atoms with Crippen molar-refractivity contribution in [3.05, 3.63) is 32.4 Å². The number of methoxy groups -OCH3 is 1. The highest BCUT2D eigenvalue weighted by Gasteiger charge is 2.25. The molecule has 0 saturated carbocycles. The lowest BCUT2D eigenvalue weighted by Crippen LogP contribution is -1.96. The molecule has 1 aromatic carbocycles. The monoisotopic (exact) mass is 213 g/mol. The van der Waals surface area contributed by atoms with E-state index in [1.807, 2.05) is 6.07 Å². The van der Waals surface area contributed by atoms with Gasteiger partial charge in [-0.25, -0.2) is 0 Å². The van der Waals surface area contributed by atoms with Gasteiger partial charge in [0, 0.05) is 0 Å². The summed E-state index contributed by atoms with van der Waals surface area (Å²) in [6.07, 6.45) is 0. The van der Waals surface area contributed by atoms with E-state index in [-0.39, 0.29) is 5.75 Å². The number of phenolic OH excluding ortho intramolecular Hbond substituents is 1. The number of nitro groups is 2. The summed E-state index contributed by atoms with van der Waals surface area (Å²) in [5, 5.41) is 30.0. The van der Waals surface area contributed by atoms with Crippen molar-refractivity contribution < 1.29 is 19.7 Å². The predicted molar refractivity (Wildman–Crippen MR) is 46.8 cm³/mol. The highest BCUT2D eigenvalue weighted by Crippen LogP contribution is 2.38. The molecular formula is C7H5N2O6. The second-order valence-electron chi connectivity index (χ2n) is 2.43. The standard InChI is InChI=1S/C7H5N2O6/c1-15-6-3-4(8(11)12)2-5(7(6)10)9(13)14/h3,10H,1H3. The average Bonchev–Trinajstić information content (AvgIpc) is 2.17. The highest BCUT2D eigenvalue weighted by atomic mass is 16.6. The van der Waals surface area contributed by atoms with Gasteiger partial charge < -0.3 is 9.84 Å². The van der Waals surface area contributed by atoms with Crippen LogP contribution in [0.4, 0.5) is 11.4 Å². The molecule has 8 heteroatoms. The van der Waals surface area contributed by atoms with Gasteiger partial charge in [-0.15, -0.1) is 0 Å². The Morgan fingerprint density at radius 3 is 2.40 bits per heavy atom. The van der Waals surface area contributed by atoms with E-state index < -0.39 is 27.0 Å². The van der Waals surface area contributed by atoms with Crippen molar-refractivity contribution in [2.24, 2.45) is 0 Å². The van der Waals surface area contributed by atoms with Gasteiger partial charge in [0.05, 0.1) is 23.0 Å². The van der Waals surface area contributed by atoms with Gasteiger partial charge in [0.25, 0.3) is 5.69 Å². The molecule has 0 fully saturated rings. The fourth-order valence-electron chi connectivity index (χ4n) is 0.912. The lowest BCUT2D eigenvalue weighted by molar-refractivity contribution is -0.395. The first kappa shape index (κ1) is 10.7. The van der Waals surface area contributed by atoms with Crippen LogP contribution in [-0.2, 0) is 0 Å². The van der Waals surface area contributed by atoms with Gasteiger partial charge in [-0.1, -0.05) is 0 Å². The van der Waals surface area contributed by atoms with Crippen molar-refractivity contribution in [3.8, 4) is 11.5 Å². The molecule has 79 valence electrons. The van der Waals surface area contributed by atoms with E-state index in [9.17, 15) is 25.3 Å². The molecule has 1 rings (SSSR count). The molecule has 0 aromatic heterocycles. The molecule has 8 nitrogen and oxygen atoms in total. The zero-order valence-electron chi connectivity index (χ0n) is 7.46. The average molecular weight is 213 g/mol. The third kappa shape index (κ3) is 1.93. The Kier molecular flexibility index (Phi) is 2.70. The summed E-state index contributed by atoms with van der Waals surface area (Å²) in [7, 11) is 1.13. The lowest BCUT2D eigenvalue weighted by atomic mass is 10.2. The lowest BCUT2D eigenvalue weighted by Gasteiger charge is -2.02. The fraction of sp³-hybridized carbons (Fsp3) is 0.143. The molecule has 0 atom stereocenters. The van der Waals surface area contributed by atoms with Gasteiger partial charge in [0.15, 0.2) is 11.8 Å². The van der Waals surface area contributed by atoms with Crippen LogP contribution in [0.2, 0.25) is 0 Å².